The van der Waals surface area contributed by atoms with Crippen LogP contribution in [0.25, 0.3) is 0 Å². The Balaban J connectivity index is 1.91. The van der Waals surface area contributed by atoms with Gasteiger partial charge in [-0.05, 0) is 55.3 Å². The molecule has 0 spiro atoms. The van der Waals surface area contributed by atoms with Gasteiger partial charge in [0.15, 0.2) is 0 Å². The molecule has 0 saturated heterocycles. The number of fused-ring (bicyclic) bond motifs is 1. The van der Waals surface area contributed by atoms with Gasteiger partial charge < -0.3 is 10.2 Å². The molecule has 0 aliphatic heterocycles. The molecular weight excluding hydrogens is 176 g/mol. The Labute approximate surface area is 85.3 Å². The molecular formula is C12H20O2. The van der Waals surface area contributed by atoms with Crippen LogP contribution in [0.15, 0.2) is 0 Å². The molecule has 5 unspecified atom stereocenters. The Morgan fingerprint density at radius 1 is 1.21 bits per heavy atom. The van der Waals surface area contributed by atoms with Crippen LogP contribution in [0.3, 0.4) is 0 Å². The van der Waals surface area contributed by atoms with E-state index in [0.717, 1.165) is 43.4 Å². The Hall–Kier alpha value is -0.0800. The van der Waals surface area contributed by atoms with Gasteiger partial charge in [-0.25, -0.2) is 0 Å². The molecule has 5 atom stereocenters. The van der Waals surface area contributed by atoms with Crippen molar-refractivity contribution >= 4 is 0 Å². The van der Waals surface area contributed by atoms with Crippen LogP contribution in [-0.4, -0.2) is 22.4 Å². The average molecular weight is 196 g/mol. The van der Waals surface area contributed by atoms with Gasteiger partial charge in [0.05, 0.1) is 5.60 Å². The minimum atomic E-state index is -0.432. The molecule has 0 aromatic heterocycles. The van der Waals surface area contributed by atoms with E-state index in [9.17, 15) is 10.2 Å². The molecule has 2 bridgehead atoms. The summed E-state index contributed by atoms with van der Waals surface area (Å²) in [5.41, 5.74) is -0.447. The fraction of sp³-hybridized carbons (Fsp3) is 1.00. The smallest absolute Gasteiger partial charge is 0.0659 e. The summed E-state index contributed by atoms with van der Waals surface area (Å²) < 4.78 is 0. The van der Waals surface area contributed by atoms with E-state index >= 15 is 0 Å². The topological polar surface area (TPSA) is 40.5 Å². The van der Waals surface area contributed by atoms with Crippen molar-refractivity contribution < 1.29 is 10.2 Å². The quantitative estimate of drug-likeness (QED) is 0.668. The van der Waals surface area contributed by atoms with Crippen LogP contribution in [0.5, 0.6) is 0 Å². The number of aliphatic hydroxyl groups is 2. The number of aliphatic hydroxyl groups excluding tert-OH is 1. The maximum absolute atomic E-state index is 10.5. The van der Waals surface area contributed by atoms with E-state index in [4.69, 9.17) is 0 Å². The van der Waals surface area contributed by atoms with E-state index in [1.54, 1.807) is 0 Å². The van der Waals surface area contributed by atoms with Gasteiger partial charge in [0, 0.05) is 6.61 Å². The third-order valence-electron chi connectivity index (χ3n) is 4.97. The molecule has 3 aliphatic carbocycles. The zero-order chi connectivity index (χ0) is 9.97. The van der Waals surface area contributed by atoms with Crippen molar-refractivity contribution in [2.45, 2.75) is 44.6 Å². The highest BCUT2D eigenvalue weighted by atomic mass is 16.3. The minimum absolute atomic E-state index is 0.0143. The fourth-order valence-electron chi connectivity index (χ4n) is 4.50. The molecule has 0 radical (unpaired) electrons. The number of hydrogen-bond donors (Lipinski definition) is 2. The first kappa shape index (κ1) is 9.17. The van der Waals surface area contributed by atoms with Crippen molar-refractivity contribution in [3.05, 3.63) is 0 Å². The predicted octanol–water partition coefficient (Wildman–Crippen LogP) is 1.56. The van der Waals surface area contributed by atoms with Gasteiger partial charge in [-0.3, -0.25) is 0 Å². The van der Waals surface area contributed by atoms with E-state index in [2.05, 4.69) is 6.92 Å². The van der Waals surface area contributed by atoms with Crippen LogP contribution in [-0.2, 0) is 0 Å². The molecule has 0 aromatic carbocycles. The second-order valence-electron chi connectivity index (χ2n) is 6.40. The molecule has 0 aromatic rings. The molecule has 3 saturated carbocycles. The molecule has 3 aliphatic rings. The first-order valence-electron chi connectivity index (χ1n) is 5.87. The monoisotopic (exact) mass is 196 g/mol. The standard InChI is InChI=1S/C12H20O2/c1-11(7-13)3-8-2-9-4-12(14,6-11)5-10(8)9/h8-10,13-14H,2-7H2,1H3. The lowest BCUT2D eigenvalue weighted by atomic mass is 9.60. The Bertz CT molecular complexity index is 263. The summed E-state index contributed by atoms with van der Waals surface area (Å²) in [6.07, 6.45) is 5.28. The summed E-state index contributed by atoms with van der Waals surface area (Å²) in [5.74, 6) is 2.40. The largest absolute Gasteiger partial charge is 0.396 e. The predicted molar refractivity (Wildman–Crippen MR) is 53.7 cm³/mol. The zero-order valence-corrected chi connectivity index (χ0v) is 8.87. The van der Waals surface area contributed by atoms with E-state index in [1.807, 2.05) is 0 Å². The summed E-state index contributed by atoms with van der Waals surface area (Å²) in [7, 11) is 0. The highest BCUT2D eigenvalue weighted by Gasteiger charge is 2.58. The molecule has 80 valence electrons. The van der Waals surface area contributed by atoms with Gasteiger partial charge in [-0.15, -0.1) is 0 Å². The molecule has 2 heteroatoms. The van der Waals surface area contributed by atoms with Gasteiger partial charge in [-0.1, -0.05) is 6.92 Å². The van der Waals surface area contributed by atoms with Gasteiger partial charge >= 0.3 is 0 Å². The van der Waals surface area contributed by atoms with Crippen molar-refractivity contribution in [3.8, 4) is 0 Å². The lowest BCUT2D eigenvalue weighted by molar-refractivity contribution is -0.0389. The average Bonchev–Trinajstić information content (AvgIpc) is 2.30. The van der Waals surface area contributed by atoms with Crippen LogP contribution in [0, 0.1) is 23.2 Å². The first-order chi connectivity index (χ1) is 6.54. The van der Waals surface area contributed by atoms with Crippen LogP contribution in [0.4, 0.5) is 0 Å². The fourth-order valence-corrected chi connectivity index (χ4v) is 4.50. The highest BCUT2D eigenvalue weighted by Crippen LogP contribution is 2.63. The summed E-state index contributed by atoms with van der Waals surface area (Å²) in [5, 5.41) is 19.9. The summed E-state index contributed by atoms with van der Waals surface area (Å²) in [6.45, 7) is 2.38. The Morgan fingerprint density at radius 3 is 2.64 bits per heavy atom. The van der Waals surface area contributed by atoms with Crippen molar-refractivity contribution in [2.24, 2.45) is 23.2 Å². The second kappa shape index (κ2) is 2.53. The molecule has 3 rings (SSSR count). The van der Waals surface area contributed by atoms with E-state index in [1.165, 1.54) is 6.42 Å². The maximum atomic E-state index is 10.5. The van der Waals surface area contributed by atoms with Crippen molar-refractivity contribution in [2.75, 3.05) is 6.61 Å². The minimum Gasteiger partial charge on any atom is -0.396 e. The zero-order valence-electron chi connectivity index (χ0n) is 8.87. The molecule has 0 amide bonds. The lowest BCUT2D eigenvalue weighted by Crippen LogP contribution is -2.40. The first-order valence-corrected chi connectivity index (χ1v) is 5.87. The van der Waals surface area contributed by atoms with E-state index in [-0.39, 0.29) is 12.0 Å². The normalized spacial score (nSPS) is 60.6. The van der Waals surface area contributed by atoms with Crippen molar-refractivity contribution in [1.29, 1.82) is 0 Å². The lowest BCUT2D eigenvalue weighted by Gasteiger charge is -2.45. The summed E-state index contributed by atoms with van der Waals surface area (Å²) >= 11 is 0. The molecule has 3 fully saturated rings. The van der Waals surface area contributed by atoms with E-state index < -0.39 is 5.60 Å². The SMILES string of the molecule is CC1(CO)CC2CC3CC(O)(CC23)C1. The maximum Gasteiger partial charge on any atom is 0.0659 e. The molecule has 0 heterocycles. The van der Waals surface area contributed by atoms with Gasteiger partial charge in [-0.2, -0.15) is 0 Å². The Kier molecular flexibility index (Phi) is 1.66. The molecule has 2 N–H and O–H groups in total. The van der Waals surface area contributed by atoms with Crippen molar-refractivity contribution in [1.82, 2.24) is 0 Å². The van der Waals surface area contributed by atoms with Crippen LogP contribution in [0.2, 0.25) is 0 Å². The van der Waals surface area contributed by atoms with E-state index in [0.29, 0.717) is 0 Å². The molecule has 14 heavy (non-hydrogen) atoms. The highest BCUT2D eigenvalue weighted by molar-refractivity contribution is 5.09. The Morgan fingerprint density at radius 2 is 1.93 bits per heavy atom. The van der Waals surface area contributed by atoms with Crippen LogP contribution >= 0.6 is 0 Å². The van der Waals surface area contributed by atoms with Gasteiger partial charge in [0.2, 0.25) is 0 Å². The van der Waals surface area contributed by atoms with Crippen molar-refractivity contribution in [3.63, 3.8) is 0 Å². The third-order valence-corrected chi connectivity index (χ3v) is 4.97. The van der Waals surface area contributed by atoms with Gasteiger partial charge in [0.1, 0.15) is 0 Å². The number of hydrogen-bond acceptors (Lipinski definition) is 2. The van der Waals surface area contributed by atoms with Gasteiger partial charge in [0.25, 0.3) is 0 Å². The second-order valence-corrected chi connectivity index (χ2v) is 6.40. The van der Waals surface area contributed by atoms with Crippen LogP contribution in [0.1, 0.15) is 39.0 Å². The number of rotatable bonds is 1. The summed E-state index contributed by atoms with van der Waals surface area (Å²) in [4.78, 5) is 0. The summed E-state index contributed by atoms with van der Waals surface area (Å²) in [6, 6.07) is 0. The van der Waals surface area contributed by atoms with Crippen LogP contribution < -0.4 is 0 Å². The molecule has 2 nitrogen and oxygen atoms in total. The third kappa shape index (κ3) is 1.10.